The minimum absolute atomic E-state index is 0. The van der Waals surface area contributed by atoms with Crippen LogP contribution in [0, 0.1) is 5.82 Å². The van der Waals surface area contributed by atoms with Crippen LogP contribution in [0.15, 0.2) is 18.2 Å². The third-order valence-electron chi connectivity index (χ3n) is 2.57. The fraction of sp³-hybridized carbons (Fsp3) is 0.333. The predicted molar refractivity (Wildman–Crippen MR) is 76.9 cm³/mol. The summed E-state index contributed by atoms with van der Waals surface area (Å²) in [6.07, 6.45) is -0.256. The summed E-state index contributed by atoms with van der Waals surface area (Å²) in [7, 11) is 1.45. The zero-order valence-corrected chi connectivity index (χ0v) is 12.4. The fourth-order valence-electron chi connectivity index (χ4n) is 1.59. The molecule has 0 aliphatic heterocycles. The molecule has 1 atom stereocenters. The summed E-state index contributed by atoms with van der Waals surface area (Å²) in [6.45, 7) is -0.0310. The summed E-state index contributed by atoms with van der Waals surface area (Å²) >= 11 is 5.86. The minimum Gasteiger partial charge on any atom is -0.370 e. The predicted octanol–water partition coefficient (Wildman–Crippen LogP) is 1.06. The van der Waals surface area contributed by atoms with Gasteiger partial charge in [0.25, 0.3) is 0 Å². The number of halogens is 3. The Morgan fingerprint density at radius 2 is 2.05 bits per heavy atom. The standard InChI is InChI=1S/C12H15ClFN3O2.ClH/c1-17(12(19)10(15)5-11(16)18)6-7-8(13)3-2-4-9(7)14;/h2-4,10H,5-6,15H2,1H3,(H2,16,18);1H. The first kappa shape index (κ1) is 18.6. The molecule has 0 aromatic heterocycles. The van der Waals surface area contributed by atoms with E-state index in [1.165, 1.54) is 30.1 Å². The van der Waals surface area contributed by atoms with Crippen LogP contribution >= 0.6 is 24.0 Å². The second-order valence-electron chi connectivity index (χ2n) is 4.17. The molecular formula is C12H16Cl2FN3O2. The molecule has 0 saturated carbocycles. The highest BCUT2D eigenvalue weighted by atomic mass is 35.5. The summed E-state index contributed by atoms with van der Waals surface area (Å²) in [5.74, 6) is -1.67. The van der Waals surface area contributed by atoms with E-state index in [9.17, 15) is 14.0 Å². The number of benzene rings is 1. The molecule has 5 nitrogen and oxygen atoms in total. The van der Waals surface area contributed by atoms with Crippen LogP contribution in [0.25, 0.3) is 0 Å². The van der Waals surface area contributed by atoms with Gasteiger partial charge in [0, 0.05) is 24.2 Å². The van der Waals surface area contributed by atoms with Gasteiger partial charge in [-0.1, -0.05) is 17.7 Å². The summed E-state index contributed by atoms with van der Waals surface area (Å²) in [5.41, 5.74) is 10.7. The number of hydrogen-bond acceptors (Lipinski definition) is 3. The highest BCUT2D eigenvalue weighted by Crippen LogP contribution is 2.20. The normalized spacial score (nSPS) is 11.4. The van der Waals surface area contributed by atoms with Crippen molar-refractivity contribution < 1.29 is 14.0 Å². The molecule has 2 amide bonds. The number of primary amides is 1. The fourth-order valence-corrected chi connectivity index (χ4v) is 1.81. The third-order valence-corrected chi connectivity index (χ3v) is 2.93. The van der Waals surface area contributed by atoms with E-state index in [1.54, 1.807) is 0 Å². The third kappa shape index (κ3) is 4.96. The van der Waals surface area contributed by atoms with Crippen molar-refractivity contribution in [3.8, 4) is 0 Å². The number of likely N-dealkylation sites (N-methyl/N-ethyl adjacent to an activating group) is 1. The van der Waals surface area contributed by atoms with Gasteiger partial charge in [0.15, 0.2) is 0 Å². The second kappa shape index (κ2) is 8.04. The smallest absolute Gasteiger partial charge is 0.240 e. The lowest BCUT2D eigenvalue weighted by Gasteiger charge is -2.21. The van der Waals surface area contributed by atoms with Gasteiger partial charge in [0.2, 0.25) is 11.8 Å². The van der Waals surface area contributed by atoms with Crippen molar-refractivity contribution in [2.45, 2.75) is 19.0 Å². The minimum atomic E-state index is -1.03. The molecule has 4 N–H and O–H groups in total. The van der Waals surface area contributed by atoms with Gasteiger partial charge in [-0.05, 0) is 12.1 Å². The second-order valence-corrected chi connectivity index (χ2v) is 4.58. The van der Waals surface area contributed by atoms with E-state index in [1.807, 2.05) is 0 Å². The highest BCUT2D eigenvalue weighted by Gasteiger charge is 2.21. The van der Waals surface area contributed by atoms with Crippen LogP contribution in [0.1, 0.15) is 12.0 Å². The molecule has 0 aliphatic rings. The number of rotatable bonds is 5. The van der Waals surface area contributed by atoms with E-state index < -0.39 is 23.7 Å². The molecule has 0 saturated heterocycles. The van der Waals surface area contributed by atoms with Gasteiger partial charge in [-0.25, -0.2) is 4.39 Å². The molecule has 1 aromatic rings. The largest absolute Gasteiger partial charge is 0.370 e. The lowest BCUT2D eigenvalue weighted by Crippen LogP contribution is -2.43. The number of carbonyl (C=O) groups excluding carboxylic acids is 2. The number of nitrogens with zero attached hydrogens (tertiary/aromatic N) is 1. The number of carbonyl (C=O) groups is 2. The van der Waals surface area contributed by atoms with Gasteiger partial charge in [-0.3, -0.25) is 9.59 Å². The van der Waals surface area contributed by atoms with Gasteiger partial charge in [0.1, 0.15) is 5.82 Å². The zero-order valence-electron chi connectivity index (χ0n) is 10.8. The lowest BCUT2D eigenvalue weighted by atomic mass is 10.1. The summed E-state index contributed by atoms with van der Waals surface area (Å²) in [4.78, 5) is 23.7. The Labute approximate surface area is 127 Å². The Morgan fingerprint density at radius 3 is 2.55 bits per heavy atom. The van der Waals surface area contributed by atoms with Crippen LogP contribution in [0.3, 0.4) is 0 Å². The van der Waals surface area contributed by atoms with E-state index in [2.05, 4.69) is 0 Å². The first-order valence-electron chi connectivity index (χ1n) is 5.54. The maximum Gasteiger partial charge on any atom is 0.240 e. The van der Waals surface area contributed by atoms with Gasteiger partial charge in [-0.15, -0.1) is 12.4 Å². The number of nitrogens with two attached hydrogens (primary N) is 2. The van der Waals surface area contributed by atoms with Crippen molar-refractivity contribution in [1.29, 1.82) is 0 Å². The molecule has 0 spiro atoms. The molecule has 0 fully saturated rings. The van der Waals surface area contributed by atoms with Crippen LogP contribution in [0.4, 0.5) is 4.39 Å². The molecule has 1 rings (SSSR count). The summed E-state index contributed by atoms with van der Waals surface area (Å²) in [6, 6.07) is 3.22. The highest BCUT2D eigenvalue weighted by molar-refractivity contribution is 6.31. The Balaban J connectivity index is 0.00000361. The summed E-state index contributed by atoms with van der Waals surface area (Å²) < 4.78 is 13.6. The van der Waals surface area contributed by atoms with Crippen molar-refractivity contribution in [3.63, 3.8) is 0 Å². The molecule has 0 aliphatic carbocycles. The molecule has 112 valence electrons. The quantitative estimate of drug-likeness (QED) is 0.849. The first-order valence-corrected chi connectivity index (χ1v) is 5.92. The Bertz CT molecular complexity index is 479. The van der Waals surface area contributed by atoms with Crippen LogP contribution in [0.5, 0.6) is 0 Å². The maximum absolute atomic E-state index is 13.6. The molecule has 0 radical (unpaired) electrons. The average Bonchev–Trinajstić information content (AvgIpc) is 2.32. The van der Waals surface area contributed by atoms with Crippen LogP contribution < -0.4 is 11.5 Å². The van der Waals surface area contributed by atoms with Crippen molar-refractivity contribution >= 4 is 35.8 Å². The molecule has 1 unspecified atom stereocenters. The van der Waals surface area contributed by atoms with Crippen LogP contribution in [0.2, 0.25) is 5.02 Å². The van der Waals surface area contributed by atoms with Crippen LogP contribution in [-0.4, -0.2) is 29.8 Å². The topological polar surface area (TPSA) is 89.4 Å². The van der Waals surface area contributed by atoms with Crippen molar-refractivity contribution in [1.82, 2.24) is 4.90 Å². The van der Waals surface area contributed by atoms with Gasteiger partial charge < -0.3 is 16.4 Å². The van der Waals surface area contributed by atoms with Crippen molar-refractivity contribution in [3.05, 3.63) is 34.6 Å². The summed E-state index contributed by atoms with van der Waals surface area (Å²) in [5, 5.41) is 0.225. The molecule has 20 heavy (non-hydrogen) atoms. The van der Waals surface area contributed by atoms with E-state index in [-0.39, 0.29) is 36.0 Å². The van der Waals surface area contributed by atoms with E-state index in [0.29, 0.717) is 0 Å². The van der Waals surface area contributed by atoms with E-state index in [0.717, 1.165) is 0 Å². The number of hydrogen-bond donors (Lipinski definition) is 2. The van der Waals surface area contributed by atoms with E-state index in [4.69, 9.17) is 23.1 Å². The van der Waals surface area contributed by atoms with Gasteiger partial charge >= 0.3 is 0 Å². The van der Waals surface area contributed by atoms with Crippen molar-refractivity contribution in [2.24, 2.45) is 11.5 Å². The van der Waals surface area contributed by atoms with Gasteiger partial charge in [-0.2, -0.15) is 0 Å². The SMILES string of the molecule is CN(Cc1c(F)cccc1Cl)C(=O)C(N)CC(N)=O.Cl. The average molecular weight is 324 g/mol. The Morgan fingerprint density at radius 1 is 1.45 bits per heavy atom. The zero-order chi connectivity index (χ0) is 14.6. The molecule has 8 heteroatoms. The van der Waals surface area contributed by atoms with E-state index >= 15 is 0 Å². The lowest BCUT2D eigenvalue weighted by molar-refractivity contribution is -0.134. The molecule has 1 aromatic carbocycles. The Kier molecular flexibility index (Phi) is 7.49. The Hall–Kier alpha value is -1.37. The molecule has 0 heterocycles. The number of amides is 2. The first-order chi connectivity index (χ1) is 8.82. The van der Waals surface area contributed by atoms with Gasteiger partial charge in [0.05, 0.1) is 12.5 Å². The van der Waals surface area contributed by atoms with Crippen molar-refractivity contribution in [2.75, 3.05) is 7.05 Å². The molecular weight excluding hydrogens is 308 g/mol. The molecule has 0 bridgehead atoms. The maximum atomic E-state index is 13.6. The van der Waals surface area contributed by atoms with Crippen LogP contribution in [-0.2, 0) is 16.1 Å². The monoisotopic (exact) mass is 323 g/mol.